The van der Waals surface area contributed by atoms with E-state index in [1.807, 2.05) is 36.5 Å². The fourth-order valence-corrected chi connectivity index (χ4v) is 5.76. The fourth-order valence-electron chi connectivity index (χ4n) is 5.76. The van der Waals surface area contributed by atoms with Gasteiger partial charge in [-0.1, -0.05) is 103 Å². The summed E-state index contributed by atoms with van der Waals surface area (Å²) in [5, 5.41) is 3.48. The lowest BCUT2D eigenvalue weighted by atomic mass is 10.00. The number of pyridine rings is 3. The molecule has 0 radical (unpaired) electrons. The molecular weight excluding hydrogens is 500 g/mol. The zero-order chi connectivity index (χ0) is 27.2. The summed E-state index contributed by atoms with van der Waals surface area (Å²) in [6, 6.07) is 46.3. The number of fused-ring (bicyclic) bond motifs is 6. The summed E-state index contributed by atoms with van der Waals surface area (Å²) in [6.07, 6.45) is 3.73. The van der Waals surface area contributed by atoms with Crippen LogP contribution in [-0.2, 0) is 0 Å². The van der Waals surface area contributed by atoms with Crippen LogP contribution in [0.2, 0.25) is 0 Å². The Labute approximate surface area is 237 Å². The van der Waals surface area contributed by atoms with Gasteiger partial charge in [0, 0.05) is 39.9 Å². The molecule has 8 rings (SSSR count). The molecule has 8 aromatic rings. The highest BCUT2D eigenvalue weighted by molar-refractivity contribution is 6.14. The highest BCUT2D eigenvalue weighted by Gasteiger charge is 2.20. The van der Waals surface area contributed by atoms with Crippen molar-refractivity contribution in [2.75, 3.05) is 0 Å². The Bertz CT molecular complexity index is 2170. The maximum absolute atomic E-state index is 5.30. The van der Waals surface area contributed by atoms with E-state index in [1.165, 1.54) is 10.8 Å². The first-order valence-electron chi connectivity index (χ1n) is 13.7. The molecule has 0 spiro atoms. The number of hydrogen-bond acceptors (Lipinski definition) is 3. The smallest absolute Gasteiger partial charge is 0.146 e. The Morgan fingerprint density at radius 3 is 1.88 bits per heavy atom. The van der Waals surface area contributed by atoms with E-state index < -0.39 is 0 Å². The van der Waals surface area contributed by atoms with Gasteiger partial charge in [0.1, 0.15) is 5.65 Å². The lowest BCUT2D eigenvalue weighted by molar-refractivity contribution is 1.25. The first kappa shape index (κ1) is 23.3. The van der Waals surface area contributed by atoms with Crippen LogP contribution >= 0.6 is 0 Å². The molecule has 0 fully saturated rings. The average molecular weight is 525 g/mol. The molecule has 0 aliphatic rings. The Morgan fingerprint density at radius 1 is 0.463 bits per heavy atom. The van der Waals surface area contributed by atoms with E-state index in [-0.39, 0.29) is 0 Å². The summed E-state index contributed by atoms with van der Waals surface area (Å²) in [6.45, 7) is 0. The van der Waals surface area contributed by atoms with Crippen molar-refractivity contribution in [1.82, 2.24) is 19.4 Å². The van der Waals surface area contributed by atoms with Gasteiger partial charge in [0.05, 0.1) is 28.3 Å². The number of imidazole rings is 1. The van der Waals surface area contributed by atoms with E-state index in [9.17, 15) is 0 Å². The number of rotatable bonds is 4. The van der Waals surface area contributed by atoms with Gasteiger partial charge < -0.3 is 0 Å². The van der Waals surface area contributed by atoms with Crippen LogP contribution in [0.4, 0.5) is 0 Å². The molecule has 4 nitrogen and oxygen atoms in total. The molecule has 0 bridgehead atoms. The summed E-state index contributed by atoms with van der Waals surface area (Å²) in [4.78, 5) is 14.5. The number of nitrogens with zero attached hydrogens (tertiary/aromatic N) is 4. The molecule has 0 aliphatic heterocycles. The standard InChI is InChI=1S/C37H24N4/c1-3-11-25(12-4-1)35-36(26-13-5-2-6-14-26)41-34-21-19-27(23-31(34)29-15-7-8-16-30(29)37(41)40-35)28-18-20-33(39-24-28)32-17-9-10-22-38-32/h1-24H. The van der Waals surface area contributed by atoms with Gasteiger partial charge >= 0.3 is 0 Å². The molecule has 4 heteroatoms. The molecule has 0 N–H and O–H groups in total. The molecule has 0 atom stereocenters. The zero-order valence-corrected chi connectivity index (χ0v) is 22.1. The monoisotopic (exact) mass is 524 g/mol. The minimum Gasteiger partial charge on any atom is -0.291 e. The van der Waals surface area contributed by atoms with Crippen LogP contribution in [0.1, 0.15) is 0 Å². The van der Waals surface area contributed by atoms with Crippen molar-refractivity contribution in [3.8, 4) is 45.0 Å². The van der Waals surface area contributed by atoms with Crippen LogP contribution in [-0.4, -0.2) is 19.4 Å². The largest absolute Gasteiger partial charge is 0.291 e. The van der Waals surface area contributed by atoms with Gasteiger partial charge in [-0.2, -0.15) is 0 Å². The van der Waals surface area contributed by atoms with Gasteiger partial charge in [0.2, 0.25) is 0 Å². The summed E-state index contributed by atoms with van der Waals surface area (Å²) < 4.78 is 2.33. The first-order valence-corrected chi connectivity index (χ1v) is 13.7. The van der Waals surface area contributed by atoms with Gasteiger partial charge in [-0.3, -0.25) is 14.4 Å². The third-order valence-corrected chi connectivity index (χ3v) is 7.69. The van der Waals surface area contributed by atoms with Crippen LogP contribution in [0.25, 0.3) is 72.4 Å². The SMILES string of the molecule is c1ccc(-c2nc3c4ccccc4c4cc(-c5ccc(-c6ccccn6)nc5)ccc4n3c2-c2ccccc2)cc1. The van der Waals surface area contributed by atoms with E-state index in [2.05, 4.69) is 113 Å². The fraction of sp³-hybridized carbons (Fsp3) is 0. The predicted molar refractivity (Wildman–Crippen MR) is 168 cm³/mol. The molecule has 4 heterocycles. The van der Waals surface area contributed by atoms with E-state index in [0.29, 0.717) is 0 Å². The highest BCUT2D eigenvalue weighted by Crippen LogP contribution is 2.39. The third-order valence-electron chi connectivity index (χ3n) is 7.69. The molecule has 0 saturated carbocycles. The minimum atomic E-state index is 0.863. The highest BCUT2D eigenvalue weighted by atomic mass is 15.0. The zero-order valence-electron chi connectivity index (χ0n) is 22.1. The summed E-state index contributed by atoms with van der Waals surface area (Å²) in [7, 11) is 0. The molecule has 0 aliphatic carbocycles. The van der Waals surface area contributed by atoms with Crippen molar-refractivity contribution in [2.45, 2.75) is 0 Å². The van der Waals surface area contributed by atoms with Crippen molar-refractivity contribution in [3.05, 3.63) is 146 Å². The van der Waals surface area contributed by atoms with Crippen LogP contribution in [0.3, 0.4) is 0 Å². The molecule has 41 heavy (non-hydrogen) atoms. The van der Waals surface area contributed by atoms with E-state index in [4.69, 9.17) is 9.97 Å². The van der Waals surface area contributed by atoms with Gasteiger partial charge in [0.15, 0.2) is 0 Å². The molecule has 192 valence electrons. The second-order valence-corrected chi connectivity index (χ2v) is 10.1. The minimum absolute atomic E-state index is 0.863. The van der Waals surface area contributed by atoms with E-state index in [0.717, 1.165) is 61.6 Å². The van der Waals surface area contributed by atoms with Crippen molar-refractivity contribution < 1.29 is 0 Å². The summed E-state index contributed by atoms with van der Waals surface area (Å²) in [5.41, 5.74) is 10.3. The Balaban J connectivity index is 1.40. The lowest BCUT2D eigenvalue weighted by Crippen LogP contribution is -1.95. The Kier molecular flexibility index (Phi) is 5.42. The maximum atomic E-state index is 5.30. The van der Waals surface area contributed by atoms with Crippen LogP contribution in [0.15, 0.2) is 146 Å². The van der Waals surface area contributed by atoms with E-state index in [1.54, 1.807) is 6.20 Å². The second kappa shape index (κ2) is 9.54. The van der Waals surface area contributed by atoms with Crippen molar-refractivity contribution in [2.24, 2.45) is 0 Å². The van der Waals surface area contributed by atoms with Crippen molar-refractivity contribution >= 4 is 27.3 Å². The number of hydrogen-bond donors (Lipinski definition) is 0. The number of aromatic nitrogens is 4. The molecule has 4 aromatic carbocycles. The van der Waals surface area contributed by atoms with Crippen LogP contribution in [0, 0.1) is 0 Å². The molecule has 0 saturated heterocycles. The van der Waals surface area contributed by atoms with Crippen LogP contribution in [0.5, 0.6) is 0 Å². The van der Waals surface area contributed by atoms with Crippen molar-refractivity contribution in [1.29, 1.82) is 0 Å². The molecular formula is C37H24N4. The van der Waals surface area contributed by atoms with Gasteiger partial charge in [-0.25, -0.2) is 4.98 Å². The topological polar surface area (TPSA) is 43.1 Å². The quantitative estimate of drug-likeness (QED) is 0.216. The normalized spacial score (nSPS) is 11.4. The Morgan fingerprint density at radius 2 is 1.15 bits per heavy atom. The second-order valence-electron chi connectivity index (χ2n) is 10.1. The summed E-state index contributed by atoms with van der Waals surface area (Å²) >= 11 is 0. The Hall–Kier alpha value is -5.61. The summed E-state index contributed by atoms with van der Waals surface area (Å²) in [5.74, 6) is 0. The molecule has 0 amide bonds. The van der Waals surface area contributed by atoms with Gasteiger partial charge in [-0.05, 0) is 41.3 Å². The third kappa shape index (κ3) is 3.88. The average Bonchev–Trinajstić information content (AvgIpc) is 3.47. The van der Waals surface area contributed by atoms with Crippen molar-refractivity contribution in [3.63, 3.8) is 0 Å². The molecule has 0 unspecified atom stereocenters. The van der Waals surface area contributed by atoms with E-state index >= 15 is 0 Å². The van der Waals surface area contributed by atoms with Crippen LogP contribution < -0.4 is 0 Å². The van der Waals surface area contributed by atoms with Gasteiger partial charge in [0.25, 0.3) is 0 Å². The van der Waals surface area contributed by atoms with Gasteiger partial charge in [-0.15, -0.1) is 0 Å². The maximum Gasteiger partial charge on any atom is 0.146 e. The number of benzene rings is 4. The molecule has 4 aromatic heterocycles. The lowest BCUT2D eigenvalue weighted by Gasteiger charge is -2.13. The predicted octanol–water partition coefficient (Wildman–Crippen LogP) is 9.10. The first-order chi connectivity index (χ1) is 20.3.